The Morgan fingerprint density at radius 1 is 0.750 bits per heavy atom. The molecule has 0 N–H and O–H groups in total. The lowest BCUT2D eigenvalue weighted by atomic mass is 10.1. The van der Waals surface area contributed by atoms with E-state index in [2.05, 4.69) is 0 Å². The van der Waals surface area contributed by atoms with Crippen molar-refractivity contribution in [1.82, 2.24) is 0 Å². The first-order valence-electron chi connectivity index (χ1n) is 6.55. The number of hydrogen-bond donors (Lipinski definition) is 0. The molecular weight excluding hydrogens is 264 g/mol. The van der Waals surface area contributed by atoms with Crippen LogP contribution in [0.1, 0.15) is 23.7 Å². The minimum atomic E-state index is -0.418. The number of benzene rings is 1. The zero-order chi connectivity index (χ0) is 13.9. The first kappa shape index (κ1) is 13.6. The van der Waals surface area contributed by atoms with Crippen LogP contribution >= 0.6 is 0 Å². The van der Waals surface area contributed by atoms with E-state index < -0.39 is 12.6 Å². The largest absolute Gasteiger partial charge is 0.496 e. The van der Waals surface area contributed by atoms with Crippen LogP contribution in [0, 0.1) is 0 Å². The summed E-state index contributed by atoms with van der Waals surface area (Å²) < 4.78 is 33.0. The molecule has 0 saturated carbocycles. The van der Waals surface area contributed by atoms with Crippen LogP contribution in [-0.4, -0.2) is 40.6 Å². The summed E-state index contributed by atoms with van der Waals surface area (Å²) in [6.07, 6.45) is -0.836. The highest BCUT2D eigenvalue weighted by molar-refractivity contribution is 5.48. The van der Waals surface area contributed by atoms with Gasteiger partial charge < -0.3 is 28.4 Å². The number of rotatable bonds is 4. The number of ether oxygens (including phenoxy) is 6. The van der Waals surface area contributed by atoms with Crippen LogP contribution in [0.3, 0.4) is 0 Å². The zero-order valence-corrected chi connectivity index (χ0v) is 11.6. The summed E-state index contributed by atoms with van der Waals surface area (Å²) in [5, 5.41) is 0. The molecule has 2 heterocycles. The molecule has 3 rings (SSSR count). The van der Waals surface area contributed by atoms with E-state index in [1.54, 1.807) is 14.2 Å². The molecule has 20 heavy (non-hydrogen) atoms. The van der Waals surface area contributed by atoms with Gasteiger partial charge >= 0.3 is 0 Å². The molecule has 0 atom stereocenters. The van der Waals surface area contributed by atoms with E-state index >= 15 is 0 Å². The molecule has 110 valence electrons. The van der Waals surface area contributed by atoms with E-state index in [1.807, 2.05) is 12.1 Å². The molecule has 1 aromatic rings. The van der Waals surface area contributed by atoms with Crippen LogP contribution in [0.4, 0.5) is 0 Å². The molecule has 0 unspecified atom stereocenters. The fraction of sp³-hybridized carbons (Fsp3) is 0.571. The first-order chi connectivity index (χ1) is 9.83. The normalized spacial score (nSPS) is 20.5. The van der Waals surface area contributed by atoms with Crippen LogP contribution < -0.4 is 9.47 Å². The van der Waals surface area contributed by atoms with Crippen molar-refractivity contribution < 1.29 is 28.4 Å². The van der Waals surface area contributed by atoms with Crippen molar-refractivity contribution in [3.8, 4) is 11.5 Å². The molecule has 2 aliphatic heterocycles. The quantitative estimate of drug-likeness (QED) is 0.839. The van der Waals surface area contributed by atoms with Crippen molar-refractivity contribution in [2.45, 2.75) is 12.6 Å². The fourth-order valence-electron chi connectivity index (χ4n) is 2.39. The summed E-state index contributed by atoms with van der Waals surface area (Å²) in [6.45, 7) is 2.30. The van der Waals surface area contributed by atoms with Crippen LogP contribution in [0.5, 0.6) is 11.5 Å². The monoisotopic (exact) mass is 282 g/mol. The van der Waals surface area contributed by atoms with E-state index in [4.69, 9.17) is 28.4 Å². The average molecular weight is 282 g/mol. The van der Waals surface area contributed by atoms with E-state index in [9.17, 15) is 0 Å². The van der Waals surface area contributed by atoms with Crippen molar-refractivity contribution >= 4 is 0 Å². The van der Waals surface area contributed by atoms with Crippen molar-refractivity contribution in [3.05, 3.63) is 23.3 Å². The van der Waals surface area contributed by atoms with Crippen LogP contribution in [-0.2, 0) is 18.9 Å². The molecule has 0 aromatic heterocycles. The van der Waals surface area contributed by atoms with Crippen LogP contribution in [0.15, 0.2) is 12.1 Å². The second-order valence-electron chi connectivity index (χ2n) is 4.48. The van der Waals surface area contributed by atoms with Crippen molar-refractivity contribution in [1.29, 1.82) is 0 Å². The van der Waals surface area contributed by atoms with Gasteiger partial charge in [-0.25, -0.2) is 0 Å². The molecule has 2 aliphatic rings. The van der Waals surface area contributed by atoms with Gasteiger partial charge in [0.1, 0.15) is 11.5 Å². The molecule has 2 saturated heterocycles. The zero-order valence-electron chi connectivity index (χ0n) is 11.6. The predicted molar refractivity (Wildman–Crippen MR) is 68.8 cm³/mol. The Balaban J connectivity index is 1.98. The molecule has 2 fully saturated rings. The lowest BCUT2D eigenvalue weighted by Gasteiger charge is -2.19. The maximum absolute atomic E-state index is 5.53. The SMILES string of the molecule is COc1cc(C2OCCO2)c(OC)cc1C1OCCO1. The van der Waals surface area contributed by atoms with Gasteiger partial charge in [0.2, 0.25) is 0 Å². The third-order valence-corrected chi connectivity index (χ3v) is 3.33. The molecule has 6 nitrogen and oxygen atoms in total. The molecule has 0 radical (unpaired) electrons. The van der Waals surface area contributed by atoms with E-state index in [1.165, 1.54) is 0 Å². The first-order valence-corrected chi connectivity index (χ1v) is 6.55. The van der Waals surface area contributed by atoms with Gasteiger partial charge in [0, 0.05) is 0 Å². The van der Waals surface area contributed by atoms with E-state index in [0.717, 1.165) is 11.1 Å². The Labute approximate surface area is 117 Å². The lowest BCUT2D eigenvalue weighted by molar-refractivity contribution is -0.0490. The smallest absolute Gasteiger partial charge is 0.187 e. The Morgan fingerprint density at radius 3 is 1.40 bits per heavy atom. The summed E-state index contributed by atoms with van der Waals surface area (Å²) in [4.78, 5) is 0. The van der Waals surface area contributed by atoms with E-state index in [-0.39, 0.29) is 0 Å². The molecule has 0 spiro atoms. The Morgan fingerprint density at radius 2 is 1.10 bits per heavy atom. The standard InChI is InChI=1S/C14H18O6/c1-15-11-7-10(14-19-5-6-20-14)12(16-2)8-9(11)13-17-3-4-18-13/h7-8,13-14H,3-6H2,1-2H3. The molecule has 0 aliphatic carbocycles. The maximum Gasteiger partial charge on any atom is 0.187 e. The third-order valence-electron chi connectivity index (χ3n) is 3.33. The minimum Gasteiger partial charge on any atom is -0.496 e. The van der Waals surface area contributed by atoms with Crippen molar-refractivity contribution in [3.63, 3.8) is 0 Å². The molecule has 0 amide bonds. The van der Waals surface area contributed by atoms with Gasteiger partial charge in [-0.3, -0.25) is 0 Å². The van der Waals surface area contributed by atoms with Crippen molar-refractivity contribution in [2.75, 3.05) is 40.6 Å². The Bertz CT molecular complexity index is 419. The summed E-state index contributed by atoms with van der Waals surface area (Å²) >= 11 is 0. The second-order valence-corrected chi connectivity index (χ2v) is 4.48. The Kier molecular flexibility index (Phi) is 4.07. The topological polar surface area (TPSA) is 55.4 Å². The van der Waals surface area contributed by atoms with Gasteiger partial charge in [-0.2, -0.15) is 0 Å². The molecule has 1 aromatic carbocycles. The van der Waals surface area contributed by atoms with E-state index in [0.29, 0.717) is 37.9 Å². The van der Waals surface area contributed by atoms with Gasteiger partial charge in [-0.15, -0.1) is 0 Å². The van der Waals surface area contributed by atoms with Gasteiger partial charge in [0.25, 0.3) is 0 Å². The molecule has 6 heteroatoms. The van der Waals surface area contributed by atoms with Crippen LogP contribution in [0.25, 0.3) is 0 Å². The van der Waals surface area contributed by atoms with Gasteiger partial charge in [-0.1, -0.05) is 0 Å². The van der Waals surface area contributed by atoms with Gasteiger partial charge in [0.05, 0.1) is 51.8 Å². The Hall–Kier alpha value is -1.34. The highest BCUT2D eigenvalue weighted by atomic mass is 16.7. The predicted octanol–water partition coefficient (Wildman–Crippen LogP) is 1.79. The lowest BCUT2D eigenvalue weighted by Crippen LogP contribution is -2.07. The minimum absolute atomic E-state index is 0.418. The summed E-state index contributed by atoms with van der Waals surface area (Å²) in [5.74, 6) is 1.35. The van der Waals surface area contributed by atoms with Gasteiger partial charge in [0.15, 0.2) is 12.6 Å². The van der Waals surface area contributed by atoms with Crippen LogP contribution in [0.2, 0.25) is 0 Å². The van der Waals surface area contributed by atoms with Gasteiger partial charge in [-0.05, 0) is 12.1 Å². The highest BCUT2D eigenvalue weighted by Crippen LogP contribution is 2.40. The third kappa shape index (κ3) is 2.47. The fourth-order valence-corrected chi connectivity index (χ4v) is 2.39. The number of hydrogen-bond acceptors (Lipinski definition) is 6. The highest BCUT2D eigenvalue weighted by Gasteiger charge is 2.28. The molecule has 0 bridgehead atoms. The van der Waals surface area contributed by atoms with Crippen molar-refractivity contribution in [2.24, 2.45) is 0 Å². The average Bonchev–Trinajstić information content (AvgIpc) is 3.18. The summed E-state index contributed by atoms with van der Waals surface area (Å²) in [5.41, 5.74) is 1.62. The summed E-state index contributed by atoms with van der Waals surface area (Å²) in [6, 6.07) is 3.71. The number of methoxy groups -OCH3 is 2. The summed E-state index contributed by atoms with van der Waals surface area (Å²) in [7, 11) is 3.22. The molecular formula is C14H18O6. The second kappa shape index (κ2) is 5.97. The maximum atomic E-state index is 5.53.